The molecule has 2 N–H and O–H groups in total. The maximum atomic E-state index is 12.5. The highest BCUT2D eigenvalue weighted by atomic mass is 16.5. The fourth-order valence-corrected chi connectivity index (χ4v) is 3.43. The molecule has 0 aliphatic heterocycles. The first-order valence-electron chi connectivity index (χ1n) is 9.03. The summed E-state index contributed by atoms with van der Waals surface area (Å²) in [6, 6.07) is 14.5. The van der Waals surface area contributed by atoms with Crippen molar-refractivity contribution in [3.8, 4) is 5.75 Å². The van der Waals surface area contributed by atoms with Crippen molar-refractivity contribution < 1.29 is 13.9 Å². The molecule has 6 heteroatoms. The monoisotopic (exact) mass is 376 g/mol. The van der Waals surface area contributed by atoms with Crippen molar-refractivity contribution in [1.29, 1.82) is 0 Å². The van der Waals surface area contributed by atoms with Crippen LogP contribution in [0.25, 0.3) is 21.9 Å². The van der Waals surface area contributed by atoms with Crippen LogP contribution in [0.2, 0.25) is 0 Å². The molecule has 0 bridgehead atoms. The molecule has 142 valence electrons. The number of carbonyl (C=O) groups is 1. The van der Waals surface area contributed by atoms with Crippen LogP contribution in [0.3, 0.4) is 0 Å². The Morgan fingerprint density at radius 1 is 1.18 bits per heavy atom. The summed E-state index contributed by atoms with van der Waals surface area (Å²) in [5.74, 6) is 0.347. The topological polar surface area (TPSA) is 84.3 Å². The van der Waals surface area contributed by atoms with E-state index in [0.717, 1.165) is 27.9 Å². The summed E-state index contributed by atoms with van der Waals surface area (Å²) in [7, 11) is 1.63. The van der Waals surface area contributed by atoms with Gasteiger partial charge in [-0.3, -0.25) is 4.79 Å². The fourth-order valence-electron chi connectivity index (χ4n) is 3.43. The second-order valence-corrected chi connectivity index (χ2v) is 6.63. The van der Waals surface area contributed by atoms with E-state index >= 15 is 0 Å². The highest BCUT2D eigenvalue weighted by Gasteiger charge is 2.14. The first kappa shape index (κ1) is 17.9. The molecule has 2 aromatic carbocycles. The molecule has 28 heavy (non-hydrogen) atoms. The van der Waals surface area contributed by atoms with E-state index in [4.69, 9.17) is 9.15 Å². The molecule has 6 nitrogen and oxygen atoms in total. The van der Waals surface area contributed by atoms with Gasteiger partial charge in [0, 0.05) is 28.5 Å². The molecule has 0 spiro atoms. The predicted molar refractivity (Wildman–Crippen MR) is 108 cm³/mol. The molecule has 2 heterocycles. The van der Waals surface area contributed by atoms with Crippen LogP contribution >= 0.6 is 0 Å². The number of benzene rings is 2. The Morgan fingerprint density at radius 2 is 2.00 bits per heavy atom. The van der Waals surface area contributed by atoms with Gasteiger partial charge in [0.25, 0.3) is 5.91 Å². The number of hydrogen-bond donors (Lipinski definition) is 2. The van der Waals surface area contributed by atoms with Crippen molar-refractivity contribution in [3.63, 3.8) is 0 Å². The van der Waals surface area contributed by atoms with E-state index in [2.05, 4.69) is 10.3 Å². The molecule has 0 fully saturated rings. The molecule has 0 saturated carbocycles. The van der Waals surface area contributed by atoms with Gasteiger partial charge in [0.1, 0.15) is 16.9 Å². The molecule has 1 amide bonds. The van der Waals surface area contributed by atoms with Crippen LogP contribution in [0.4, 0.5) is 0 Å². The molecule has 0 saturated heterocycles. The molecule has 4 rings (SSSR count). The Kier molecular flexibility index (Phi) is 4.61. The summed E-state index contributed by atoms with van der Waals surface area (Å²) in [5, 5.41) is 4.60. The lowest BCUT2D eigenvalue weighted by atomic mass is 10.1. The van der Waals surface area contributed by atoms with Crippen LogP contribution in [0.1, 0.15) is 21.6 Å². The molecule has 0 radical (unpaired) electrons. The van der Waals surface area contributed by atoms with Crippen molar-refractivity contribution in [1.82, 2.24) is 10.3 Å². The minimum atomic E-state index is -0.635. The maximum absolute atomic E-state index is 12.5. The number of carbonyl (C=O) groups excluding carboxylic acids is 1. The number of hydrogen-bond acceptors (Lipinski definition) is 4. The van der Waals surface area contributed by atoms with Gasteiger partial charge in [-0.1, -0.05) is 18.2 Å². The third-order valence-electron chi connectivity index (χ3n) is 4.87. The van der Waals surface area contributed by atoms with E-state index < -0.39 is 11.5 Å². The number of ether oxygens (including phenoxy) is 1. The van der Waals surface area contributed by atoms with Crippen LogP contribution in [-0.4, -0.2) is 24.5 Å². The zero-order valence-corrected chi connectivity index (χ0v) is 15.7. The van der Waals surface area contributed by atoms with Crippen molar-refractivity contribution in [2.75, 3.05) is 13.7 Å². The second kappa shape index (κ2) is 7.23. The van der Waals surface area contributed by atoms with Crippen molar-refractivity contribution >= 4 is 27.8 Å². The zero-order chi connectivity index (χ0) is 19.7. The number of para-hydroxylation sites is 1. The number of methoxy groups -OCH3 is 1. The largest absolute Gasteiger partial charge is 0.497 e. The van der Waals surface area contributed by atoms with Crippen LogP contribution in [0.5, 0.6) is 5.75 Å². The Hall–Kier alpha value is -3.54. The molecule has 4 aromatic rings. The van der Waals surface area contributed by atoms with Gasteiger partial charge in [-0.15, -0.1) is 0 Å². The van der Waals surface area contributed by atoms with Gasteiger partial charge in [0.2, 0.25) is 0 Å². The maximum Gasteiger partial charge on any atom is 0.349 e. The second-order valence-electron chi connectivity index (χ2n) is 6.63. The Bertz CT molecular complexity index is 1240. The van der Waals surface area contributed by atoms with Crippen molar-refractivity contribution in [2.45, 2.75) is 13.3 Å². The fraction of sp³-hybridized carbons (Fsp3) is 0.182. The molecule has 2 aromatic heterocycles. The van der Waals surface area contributed by atoms with E-state index in [1.165, 1.54) is 0 Å². The lowest BCUT2D eigenvalue weighted by Crippen LogP contribution is -2.30. The first-order chi connectivity index (χ1) is 13.6. The summed E-state index contributed by atoms with van der Waals surface area (Å²) < 4.78 is 10.5. The summed E-state index contributed by atoms with van der Waals surface area (Å²) >= 11 is 0. The number of aromatic amines is 1. The van der Waals surface area contributed by atoms with Crippen LogP contribution in [0, 0.1) is 6.92 Å². The summed E-state index contributed by atoms with van der Waals surface area (Å²) in [5.41, 5.74) is 3.02. The lowest BCUT2D eigenvalue weighted by Gasteiger charge is -2.06. The van der Waals surface area contributed by atoms with Gasteiger partial charge in [-0.25, -0.2) is 4.79 Å². The summed E-state index contributed by atoms with van der Waals surface area (Å²) in [6.45, 7) is 2.40. The third-order valence-corrected chi connectivity index (χ3v) is 4.87. The van der Waals surface area contributed by atoms with Crippen LogP contribution < -0.4 is 15.7 Å². The third kappa shape index (κ3) is 3.24. The molecular formula is C22H20N2O4. The molecule has 0 atom stereocenters. The van der Waals surface area contributed by atoms with Crippen molar-refractivity contribution in [2.24, 2.45) is 0 Å². The standard InChI is InChI=1S/C22H20N2O4/c1-13-16(17-12-15(27-2)7-8-19(17)24-13)9-10-23-21(25)18-11-14-5-3-4-6-20(14)28-22(18)26/h3-8,11-12,24H,9-10H2,1-2H3,(H,23,25). The van der Waals surface area contributed by atoms with Gasteiger partial charge in [0.15, 0.2) is 0 Å². The number of rotatable bonds is 5. The van der Waals surface area contributed by atoms with Crippen LogP contribution in [-0.2, 0) is 6.42 Å². The molecular weight excluding hydrogens is 356 g/mol. The highest BCUT2D eigenvalue weighted by molar-refractivity contribution is 5.96. The van der Waals surface area contributed by atoms with E-state index in [-0.39, 0.29) is 5.56 Å². The summed E-state index contributed by atoms with van der Waals surface area (Å²) in [4.78, 5) is 28.0. The minimum absolute atomic E-state index is 0.0102. The number of amides is 1. The van der Waals surface area contributed by atoms with E-state index in [1.54, 1.807) is 31.4 Å². The van der Waals surface area contributed by atoms with Crippen LogP contribution in [0.15, 0.2) is 57.7 Å². The number of H-pyrrole nitrogens is 1. The van der Waals surface area contributed by atoms with E-state index in [9.17, 15) is 9.59 Å². The van der Waals surface area contributed by atoms with Gasteiger partial charge < -0.3 is 19.5 Å². The van der Waals surface area contributed by atoms with Gasteiger partial charge in [-0.05, 0) is 49.2 Å². The number of nitrogens with one attached hydrogen (secondary N) is 2. The normalized spacial score (nSPS) is 11.1. The molecule has 0 aliphatic carbocycles. The number of aromatic nitrogens is 1. The number of aryl methyl sites for hydroxylation is 1. The van der Waals surface area contributed by atoms with Gasteiger partial charge in [-0.2, -0.15) is 0 Å². The van der Waals surface area contributed by atoms with Gasteiger partial charge in [0.05, 0.1) is 7.11 Å². The average Bonchev–Trinajstić information content (AvgIpc) is 3.01. The molecule has 0 aliphatic rings. The smallest absolute Gasteiger partial charge is 0.349 e. The summed E-state index contributed by atoms with van der Waals surface area (Å²) in [6.07, 6.45) is 0.629. The first-order valence-corrected chi connectivity index (χ1v) is 9.03. The Balaban J connectivity index is 1.52. The Labute approximate surface area is 161 Å². The van der Waals surface area contributed by atoms with E-state index in [1.807, 2.05) is 31.2 Å². The highest BCUT2D eigenvalue weighted by Crippen LogP contribution is 2.26. The SMILES string of the molecule is COc1ccc2[nH]c(C)c(CCNC(=O)c3cc4ccccc4oc3=O)c2c1. The predicted octanol–water partition coefficient (Wildman–Crippen LogP) is 3.56. The van der Waals surface area contributed by atoms with Gasteiger partial charge >= 0.3 is 5.63 Å². The van der Waals surface area contributed by atoms with E-state index in [0.29, 0.717) is 23.9 Å². The Morgan fingerprint density at radius 3 is 2.82 bits per heavy atom. The number of fused-ring (bicyclic) bond motifs is 2. The quantitative estimate of drug-likeness (QED) is 0.522. The lowest BCUT2D eigenvalue weighted by molar-refractivity contribution is 0.0950. The van der Waals surface area contributed by atoms with Crippen molar-refractivity contribution in [3.05, 3.63) is 75.8 Å². The molecule has 0 unspecified atom stereocenters. The minimum Gasteiger partial charge on any atom is -0.497 e. The average molecular weight is 376 g/mol. The zero-order valence-electron chi connectivity index (χ0n) is 15.7.